The van der Waals surface area contributed by atoms with Crippen molar-refractivity contribution in [3.05, 3.63) is 41.2 Å². The highest BCUT2D eigenvalue weighted by Crippen LogP contribution is 2.20. The van der Waals surface area contributed by atoms with Crippen LogP contribution < -0.4 is 11.1 Å². The molecule has 6 heteroatoms. The molecule has 2 rings (SSSR count). The molecule has 0 saturated carbocycles. The molecule has 0 radical (unpaired) electrons. The summed E-state index contributed by atoms with van der Waals surface area (Å²) in [6, 6.07) is 7.38. The summed E-state index contributed by atoms with van der Waals surface area (Å²) in [5.74, 6) is -0.371. The molecule has 1 aromatic carbocycles. The summed E-state index contributed by atoms with van der Waals surface area (Å²) in [6.07, 6.45) is 1.44. The van der Waals surface area contributed by atoms with Crippen molar-refractivity contribution >= 4 is 17.3 Å². The van der Waals surface area contributed by atoms with Crippen LogP contribution in [0, 0.1) is 18.3 Å². The Morgan fingerprint density at radius 3 is 2.95 bits per heavy atom. The van der Waals surface area contributed by atoms with Crippen LogP contribution in [0.25, 0.3) is 0 Å². The van der Waals surface area contributed by atoms with Crippen molar-refractivity contribution in [3.63, 3.8) is 0 Å². The number of carbonyl (C=O) groups excluding carboxylic acids is 1. The highest BCUT2D eigenvalue weighted by molar-refractivity contribution is 6.07. The van der Waals surface area contributed by atoms with Crippen LogP contribution in [0.1, 0.15) is 28.5 Å². The molecule has 0 unspecified atom stereocenters. The van der Waals surface area contributed by atoms with E-state index < -0.39 is 0 Å². The molecule has 20 heavy (non-hydrogen) atoms. The third-order valence-electron chi connectivity index (χ3n) is 3.02. The molecule has 102 valence electrons. The number of amides is 1. The van der Waals surface area contributed by atoms with Gasteiger partial charge in [0.1, 0.15) is 11.8 Å². The minimum Gasteiger partial charge on any atom is -0.396 e. The van der Waals surface area contributed by atoms with Crippen molar-refractivity contribution in [1.29, 1.82) is 5.26 Å². The minimum atomic E-state index is -0.371. The first-order valence-corrected chi connectivity index (χ1v) is 6.20. The molecule has 0 fully saturated rings. The van der Waals surface area contributed by atoms with Crippen molar-refractivity contribution in [3.8, 4) is 6.07 Å². The van der Waals surface area contributed by atoms with Crippen LogP contribution in [0.15, 0.2) is 24.4 Å². The lowest BCUT2D eigenvalue weighted by Gasteiger charge is -2.10. The Kier molecular flexibility index (Phi) is 3.71. The van der Waals surface area contributed by atoms with Crippen LogP contribution in [0.3, 0.4) is 0 Å². The minimum absolute atomic E-state index is 0.304. The Morgan fingerprint density at radius 2 is 2.30 bits per heavy atom. The van der Waals surface area contributed by atoms with E-state index in [0.29, 0.717) is 29.2 Å². The third kappa shape index (κ3) is 2.34. The van der Waals surface area contributed by atoms with Crippen LogP contribution in [-0.2, 0) is 6.54 Å². The number of aryl methyl sites for hydroxylation is 2. The summed E-state index contributed by atoms with van der Waals surface area (Å²) in [5.41, 5.74) is 8.11. The smallest absolute Gasteiger partial charge is 0.276 e. The van der Waals surface area contributed by atoms with Gasteiger partial charge in [-0.3, -0.25) is 9.48 Å². The van der Waals surface area contributed by atoms with Gasteiger partial charge in [-0.15, -0.1) is 0 Å². The number of nitriles is 1. The fourth-order valence-electron chi connectivity index (χ4n) is 1.99. The number of hydrogen-bond acceptors (Lipinski definition) is 4. The van der Waals surface area contributed by atoms with Gasteiger partial charge in [0.25, 0.3) is 5.91 Å². The first-order valence-electron chi connectivity index (χ1n) is 6.20. The van der Waals surface area contributed by atoms with Gasteiger partial charge in [-0.05, 0) is 25.5 Å². The molecule has 0 bridgehead atoms. The number of rotatable bonds is 3. The van der Waals surface area contributed by atoms with Crippen molar-refractivity contribution in [2.45, 2.75) is 20.4 Å². The van der Waals surface area contributed by atoms with Crippen LogP contribution >= 0.6 is 0 Å². The normalized spacial score (nSPS) is 10.1. The van der Waals surface area contributed by atoms with E-state index in [1.54, 1.807) is 12.1 Å². The zero-order valence-corrected chi connectivity index (χ0v) is 11.3. The zero-order valence-electron chi connectivity index (χ0n) is 11.3. The molecule has 1 amide bonds. The molecule has 0 atom stereocenters. The number of benzene rings is 1. The molecule has 1 aromatic heterocycles. The highest BCUT2D eigenvalue weighted by Gasteiger charge is 2.17. The molecule has 2 aromatic rings. The Balaban J connectivity index is 2.36. The van der Waals surface area contributed by atoms with Crippen molar-refractivity contribution in [2.24, 2.45) is 0 Å². The largest absolute Gasteiger partial charge is 0.396 e. The molecule has 0 spiro atoms. The number of carbonyl (C=O) groups is 1. The van der Waals surface area contributed by atoms with Crippen LogP contribution in [0.5, 0.6) is 0 Å². The predicted octanol–water partition coefficient (Wildman–Crippen LogP) is 1.92. The summed E-state index contributed by atoms with van der Waals surface area (Å²) in [7, 11) is 0. The maximum Gasteiger partial charge on any atom is 0.276 e. The van der Waals surface area contributed by atoms with Gasteiger partial charge in [-0.2, -0.15) is 10.4 Å². The average molecular weight is 269 g/mol. The number of hydrogen-bond donors (Lipinski definition) is 2. The van der Waals surface area contributed by atoms with Crippen molar-refractivity contribution in [2.75, 3.05) is 11.1 Å². The van der Waals surface area contributed by atoms with E-state index in [0.717, 1.165) is 5.56 Å². The Bertz CT molecular complexity index is 696. The standard InChI is InChI=1S/C14H15N5O/c1-3-19-13(11(16)8-17-19)14(20)18-12-6-4-5-9(2)10(12)7-15/h4-6,8H,3,16H2,1-2H3,(H,18,20). The van der Waals surface area contributed by atoms with Gasteiger partial charge in [0, 0.05) is 6.54 Å². The van der Waals surface area contributed by atoms with Gasteiger partial charge in [-0.1, -0.05) is 12.1 Å². The first kappa shape index (κ1) is 13.6. The second-order valence-corrected chi connectivity index (χ2v) is 4.33. The van der Waals surface area contributed by atoms with Crippen molar-refractivity contribution < 1.29 is 4.79 Å². The lowest BCUT2D eigenvalue weighted by Crippen LogP contribution is -2.19. The van der Waals surface area contributed by atoms with Crippen molar-refractivity contribution in [1.82, 2.24) is 9.78 Å². The Hall–Kier alpha value is -2.81. The van der Waals surface area contributed by atoms with Crippen LogP contribution in [0.4, 0.5) is 11.4 Å². The molecule has 0 aliphatic rings. The molecule has 0 saturated heterocycles. The van der Waals surface area contributed by atoms with Gasteiger partial charge in [-0.25, -0.2) is 0 Å². The zero-order chi connectivity index (χ0) is 14.7. The quantitative estimate of drug-likeness (QED) is 0.889. The number of aromatic nitrogens is 2. The maximum atomic E-state index is 12.3. The van der Waals surface area contributed by atoms with E-state index >= 15 is 0 Å². The average Bonchev–Trinajstić information content (AvgIpc) is 2.80. The van der Waals surface area contributed by atoms with E-state index in [2.05, 4.69) is 16.5 Å². The van der Waals surface area contributed by atoms with Gasteiger partial charge in [0.2, 0.25) is 0 Å². The summed E-state index contributed by atoms with van der Waals surface area (Å²) in [5, 5.41) is 15.9. The van der Waals surface area contributed by atoms with Gasteiger partial charge in [0.15, 0.2) is 0 Å². The SMILES string of the molecule is CCn1ncc(N)c1C(=O)Nc1cccc(C)c1C#N. The molecule has 0 aliphatic heterocycles. The molecular weight excluding hydrogens is 254 g/mol. The fraction of sp³-hybridized carbons (Fsp3) is 0.214. The first-order chi connectivity index (χ1) is 9.58. The highest BCUT2D eigenvalue weighted by atomic mass is 16.2. The van der Waals surface area contributed by atoms with E-state index in [9.17, 15) is 4.79 Å². The van der Waals surface area contributed by atoms with Crippen LogP contribution in [-0.4, -0.2) is 15.7 Å². The molecule has 1 heterocycles. The second kappa shape index (κ2) is 5.45. The van der Waals surface area contributed by atoms with Gasteiger partial charge < -0.3 is 11.1 Å². The summed E-state index contributed by atoms with van der Waals surface area (Å²) < 4.78 is 1.52. The van der Waals surface area contributed by atoms with E-state index in [-0.39, 0.29) is 5.91 Å². The summed E-state index contributed by atoms with van der Waals surface area (Å²) in [4.78, 5) is 12.3. The third-order valence-corrected chi connectivity index (χ3v) is 3.02. The van der Waals surface area contributed by atoms with E-state index in [1.165, 1.54) is 10.9 Å². The number of nitrogens with zero attached hydrogens (tertiary/aromatic N) is 3. The molecule has 3 N–H and O–H groups in total. The topological polar surface area (TPSA) is 96.7 Å². The van der Waals surface area contributed by atoms with Crippen LogP contribution in [0.2, 0.25) is 0 Å². The number of nitrogens with one attached hydrogen (secondary N) is 1. The molecule has 6 nitrogen and oxygen atoms in total. The van der Waals surface area contributed by atoms with E-state index in [4.69, 9.17) is 11.0 Å². The molecular formula is C14H15N5O. The number of anilines is 2. The molecule has 0 aliphatic carbocycles. The lowest BCUT2D eigenvalue weighted by atomic mass is 10.1. The Labute approximate surface area is 116 Å². The maximum absolute atomic E-state index is 12.3. The predicted molar refractivity (Wildman–Crippen MR) is 76.2 cm³/mol. The van der Waals surface area contributed by atoms with E-state index in [1.807, 2.05) is 19.9 Å². The van der Waals surface area contributed by atoms with Gasteiger partial charge in [0.05, 0.1) is 23.1 Å². The number of nitrogen functional groups attached to an aromatic ring is 1. The number of nitrogens with two attached hydrogens (primary N) is 1. The fourth-order valence-corrected chi connectivity index (χ4v) is 1.99. The Morgan fingerprint density at radius 1 is 1.55 bits per heavy atom. The summed E-state index contributed by atoms with van der Waals surface area (Å²) in [6.45, 7) is 4.23. The lowest BCUT2D eigenvalue weighted by molar-refractivity contribution is 0.101. The second-order valence-electron chi connectivity index (χ2n) is 4.33. The monoisotopic (exact) mass is 269 g/mol. The summed E-state index contributed by atoms with van der Waals surface area (Å²) >= 11 is 0. The van der Waals surface area contributed by atoms with Gasteiger partial charge >= 0.3 is 0 Å².